The first kappa shape index (κ1) is 18.7. The van der Waals surface area contributed by atoms with Crippen molar-refractivity contribution in [1.82, 2.24) is 10.3 Å². The average Bonchev–Trinajstić information content (AvgIpc) is 2.64. The summed E-state index contributed by atoms with van der Waals surface area (Å²) in [6, 6.07) is 14.9. The van der Waals surface area contributed by atoms with Crippen LogP contribution in [-0.4, -0.2) is 24.0 Å². The minimum atomic E-state index is -0.197. The van der Waals surface area contributed by atoms with Gasteiger partial charge in [-0.1, -0.05) is 23.7 Å². The van der Waals surface area contributed by atoms with E-state index in [1.807, 2.05) is 26.0 Å². The average molecular weight is 379 g/mol. The molecule has 3 rings (SSSR count). The highest BCUT2D eigenvalue weighted by Gasteiger charge is 2.09. The highest BCUT2D eigenvalue weighted by molar-refractivity contribution is 6.30. The topological polar surface area (TPSA) is 77.8 Å². The molecule has 2 aromatic carbocycles. The molecule has 0 spiro atoms. The second kappa shape index (κ2) is 8.07. The van der Waals surface area contributed by atoms with Crippen molar-refractivity contribution >= 4 is 34.2 Å². The van der Waals surface area contributed by atoms with Crippen LogP contribution >= 0.6 is 11.6 Å². The van der Waals surface area contributed by atoms with Crippen LogP contribution in [-0.2, 0) is 0 Å². The minimum Gasteiger partial charge on any atom is -0.367 e. The van der Waals surface area contributed by atoms with E-state index in [1.165, 1.54) is 0 Å². The van der Waals surface area contributed by atoms with Gasteiger partial charge in [0.1, 0.15) is 11.9 Å². The largest absolute Gasteiger partial charge is 0.367 e. The number of fused-ring (bicyclic) bond motifs is 1. The summed E-state index contributed by atoms with van der Waals surface area (Å²) in [6.45, 7) is 4.87. The molecule has 0 bridgehead atoms. The number of aryl methyl sites for hydroxylation is 2. The van der Waals surface area contributed by atoms with Gasteiger partial charge in [0, 0.05) is 29.1 Å². The van der Waals surface area contributed by atoms with Crippen LogP contribution < -0.4 is 10.6 Å². The lowest BCUT2D eigenvalue weighted by atomic mass is 10.0. The summed E-state index contributed by atoms with van der Waals surface area (Å²) < 4.78 is 0. The summed E-state index contributed by atoms with van der Waals surface area (Å²) in [5.74, 6) is 0.324. The highest BCUT2D eigenvalue weighted by atomic mass is 35.5. The number of carbonyl (C=O) groups is 1. The smallest absolute Gasteiger partial charge is 0.251 e. The Morgan fingerprint density at radius 2 is 2.00 bits per heavy atom. The van der Waals surface area contributed by atoms with E-state index in [-0.39, 0.29) is 5.91 Å². The van der Waals surface area contributed by atoms with E-state index in [0.29, 0.717) is 35.1 Å². The van der Waals surface area contributed by atoms with E-state index in [9.17, 15) is 10.1 Å². The number of anilines is 1. The molecule has 1 heterocycles. The van der Waals surface area contributed by atoms with Gasteiger partial charge < -0.3 is 10.6 Å². The number of nitrogens with one attached hydrogen (secondary N) is 2. The van der Waals surface area contributed by atoms with Gasteiger partial charge >= 0.3 is 0 Å². The lowest BCUT2D eigenvalue weighted by Gasteiger charge is -2.11. The van der Waals surface area contributed by atoms with Gasteiger partial charge in [-0.15, -0.1) is 0 Å². The van der Waals surface area contributed by atoms with Crippen molar-refractivity contribution in [3.05, 3.63) is 69.7 Å². The molecule has 0 radical (unpaired) electrons. The molecule has 0 saturated heterocycles. The maximum atomic E-state index is 12.1. The molecule has 6 heteroatoms. The second-order valence-corrected chi connectivity index (χ2v) is 6.77. The molecule has 0 atom stereocenters. The number of pyridine rings is 1. The molecule has 0 aliphatic carbocycles. The zero-order valence-corrected chi connectivity index (χ0v) is 15.9. The molecule has 3 aromatic rings. The van der Waals surface area contributed by atoms with E-state index in [2.05, 4.69) is 27.8 Å². The van der Waals surface area contributed by atoms with Crippen LogP contribution in [0.3, 0.4) is 0 Å². The van der Waals surface area contributed by atoms with Gasteiger partial charge in [-0.3, -0.25) is 4.79 Å². The van der Waals surface area contributed by atoms with Crippen molar-refractivity contribution in [1.29, 1.82) is 5.26 Å². The van der Waals surface area contributed by atoms with Crippen molar-refractivity contribution in [2.45, 2.75) is 13.8 Å². The van der Waals surface area contributed by atoms with Crippen LogP contribution in [0.5, 0.6) is 0 Å². The lowest BCUT2D eigenvalue weighted by molar-refractivity contribution is 0.0955. The molecule has 0 saturated carbocycles. The predicted octanol–water partition coefficient (Wildman–Crippen LogP) is 4.22. The highest BCUT2D eigenvalue weighted by Crippen LogP contribution is 2.24. The fourth-order valence-corrected chi connectivity index (χ4v) is 3.13. The van der Waals surface area contributed by atoms with Crippen molar-refractivity contribution in [2.24, 2.45) is 0 Å². The Hall–Kier alpha value is -3.10. The second-order valence-electron chi connectivity index (χ2n) is 6.34. The standard InChI is InChI=1S/C21H19ClN4O/c1-13-8-14(2)18-11-16(12-23)20(26-19(18)9-13)24-6-7-25-21(27)15-4-3-5-17(22)10-15/h3-5,8-11H,6-7H2,1-2H3,(H,24,26)(H,25,27). The van der Waals surface area contributed by atoms with Gasteiger partial charge in [0.15, 0.2) is 0 Å². The summed E-state index contributed by atoms with van der Waals surface area (Å²) in [5.41, 5.74) is 4.05. The Bertz CT molecular complexity index is 1060. The number of nitriles is 1. The van der Waals surface area contributed by atoms with E-state index in [0.717, 1.165) is 22.0 Å². The molecule has 136 valence electrons. The molecule has 2 N–H and O–H groups in total. The first-order valence-electron chi connectivity index (χ1n) is 8.57. The number of nitrogens with zero attached hydrogens (tertiary/aromatic N) is 2. The quantitative estimate of drug-likeness (QED) is 0.651. The fourth-order valence-electron chi connectivity index (χ4n) is 2.94. The fraction of sp³-hybridized carbons (Fsp3) is 0.190. The molecule has 1 aromatic heterocycles. The molecule has 1 amide bonds. The molecule has 0 aliphatic heterocycles. The van der Waals surface area contributed by atoms with Crippen LogP contribution in [0.15, 0.2) is 42.5 Å². The third kappa shape index (κ3) is 4.36. The molecule has 27 heavy (non-hydrogen) atoms. The van der Waals surface area contributed by atoms with E-state index < -0.39 is 0 Å². The van der Waals surface area contributed by atoms with Gasteiger partial charge in [-0.05, 0) is 55.3 Å². The normalized spacial score (nSPS) is 10.4. The number of carbonyl (C=O) groups excluding carboxylic acids is 1. The maximum absolute atomic E-state index is 12.1. The van der Waals surface area contributed by atoms with Gasteiger partial charge in [0.25, 0.3) is 5.91 Å². The van der Waals surface area contributed by atoms with E-state index in [1.54, 1.807) is 24.3 Å². The monoisotopic (exact) mass is 378 g/mol. The predicted molar refractivity (Wildman–Crippen MR) is 108 cm³/mol. The van der Waals surface area contributed by atoms with E-state index >= 15 is 0 Å². The number of hydrogen-bond donors (Lipinski definition) is 2. The SMILES string of the molecule is Cc1cc(C)c2cc(C#N)c(NCCNC(=O)c3cccc(Cl)c3)nc2c1. The summed E-state index contributed by atoms with van der Waals surface area (Å²) in [5, 5.41) is 16.9. The van der Waals surface area contributed by atoms with E-state index in [4.69, 9.17) is 11.6 Å². The number of amides is 1. The van der Waals surface area contributed by atoms with Gasteiger partial charge in [0.2, 0.25) is 0 Å². The van der Waals surface area contributed by atoms with Gasteiger partial charge in [-0.25, -0.2) is 4.98 Å². The summed E-state index contributed by atoms with van der Waals surface area (Å²) in [7, 11) is 0. The molecule has 0 aliphatic rings. The zero-order valence-electron chi connectivity index (χ0n) is 15.1. The van der Waals surface area contributed by atoms with Crippen LogP contribution in [0.25, 0.3) is 10.9 Å². The third-order valence-electron chi connectivity index (χ3n) is 4.20. The minimum absolute atomic E-state index is 0.197. The molecular formula is C21H19ClN4O. The summed E-state index contributed by atoms with van der Waals surface area (Å²) in [6.07, 6.45) is 0. The summed E-state index contributed by atoms with van der Waals surface area (Å²) >= 11 is 5.90. The zero-order chi connectivity index (χ0) is 19.4. The first-order chi connectivity index (χ1) is 13.0. The maximum Gasteiger partial charge on any atom is 0.251 e. The Labute approximate surface area is 163 Å². The van der Waals surface area contributed by atoms with Crippen LogP contribution in [0.1, 0.15) is 27.0 Å². The van der Waals surface area contributed by atoms with Crippen molar-refractivity contribution in [3.8, 4) is 6.07 Å². The molecule has 0 unspecified atom stereocenters. The Kier molecular flexibility index (Phi) is 5.58. The van der Waals surface area contributed by atoms with Crippen molar-refractivity contribution < 1.29 is 4.79 Å². The van der Waals surface area contributed by atoms with Crippen LogP contribution in [0, 0.1) is 25.2 Å². The molecule has 5 nitrogen and oxygen atoms in total. The molecular weight excluding hydrogens is 360 g/mol. The Morgan fingerprint density at radius 3 is 2.74 bits per heavy atom. The van der Waals surface area contributed by atoms with Gasteiger partial charge in [-0.2, -0.15) is 5.26 Å². The number of rotatable bonds is 5. The first-order valence-corrected chi connectivity index (χ1v) is 8.95. The van der Waals surface area contributed by atoms with Crippen molar-refractivity contribution in [3.63, 3.8) is 0 Å². The Balaban J connectivity index is 1.68. The Morgan fingerprint density at radius 1 is 1.19 bits per heavy atom. The van der Waals surface area contributed by atoms with Crippen LogP contribution in [0.2, 0.25) is 5.02 Å². The van der Waals surface area contributed by atoms with Gasteiger partial charge in [0.05, 0.1) is 11.1 Å². The van der Waals surface area contributed by atoms with Crippen LogP contribution in [0.4, 0.5) is 5.82 Å². The number of halogens is 1. The number of hydrogen-bond acceptors (Lipinski definition) is 4. The molecule has 0 fully saturated rings. The number of aromatic nitrogens is 1. The van der Waals surface area contributed by atoms with Crippen molar-refractivity contribution in [2.75, 3.05) is 18.4 Å². The summed E-state index contributed by atoms with van der Waals surface area (Å²) in [4.78, 5) is 16.7. The number of benzene rings is 2. The third-order valence-corrected chi connectivity index (χ3v) is 4.43. The lowest BCUT2D eigenvalue weighted by Crippen LogP contribution is -2.29.